The van der Waals surface area contributed by atoms with Crippen LogP contribution in [0, 0.1) is 17.8 Å². The molecule has 2 aliphatic carbocycles. The number of nitrogens with one attached hydrogen (secondary N) is 1. The fourth-order valence-corrected chi connectivity index (χ4v) is 3.75. The van der Waals surface area contributed by atoms with Crippen LogP contribution in [0.1, 0.15) is 42.5 Å². The van der Waals surface area contributed by atoms with Crippen molar-refractivity contribution in [1.29, 1.82) is 0 Å². The second kappa shape index (κ2) is 7.59. The van der Waals surface area contributed by atoms with Crippen LogP contribution in [0.4, 0.5) is 0 Å². The van der Waals surface area contributed by atoms with E-state index >= 15 is 0 Å². The average molecular weight is 343 g/mol. The van der Waals surface area contributed by atoms with Gasteiger partial charge in [-0.2, -0.15) is 0 Å². The Bertz CT molecular complexity index is 668. The summed E-state index contributed by atoms with van der Waals surface area (Å²) in [6.07, 6.45) is 3.74. The lowest BCUT2D eigenvalue weighted by atomic mass is 9.67. The SMILES string of the molecule is O=C(COC(=O)C1C[C@H]2CCC[C@H](C1)C2=O)NC(=O)c1ccccc1. The first-order valence-corrected chi connectivity index (χ1v) is 8.64. The minimum absolute atomic E-state index is 0.0430. The molecule has 0 heterocycles. The summed E-state index contributed by atoms with van der Waals surface area (Å²) >= 11 is 0. The molecule has 1 aromatic rings. The summed E-state index contributed by atoms with van der Waals surface area (Å²) < 4.78 is 5.07. The zero-order valence-electron chi connectivity index (χ0n) is 13.9. The molecule has 2 atom stereocenters. The number of rotatable bonds is 4. The second-order valence-electron chi connectivity index (χ2n) is 6.75. The summed E-state index contributed by atoms with van der Waals surface area (Å²) in [6.45, 7) is -0.489. The number of imide groups is 1. The van der Waals surface area contributed by atoms with Gasteiger partial charge in [-0.1, -0.05) is 24.6 Å². The van der Waals surface area contributed by atoms with E-state index in [1.165, 1.54) is 0 Å². The van der Waals surface area contributed by atoms with Crippen molar-refractivity contribution >= 4 is 23.6 Å². The lowest BCUT2D eigenvalue weighted by molar-refractivity contribution is -0.156. The Balaban J connectivity index is 1.47. The summed E-state index contributed by atoms with van der Waals surface area (Å²) in [7, 11) is 0. The van der Waals surface area contributed by atoms with E-state index in [0.29, 0.717) is 18.4 Å². The first-order valence-electron chi connectivity index (χ1n) is 8.64. The molecule has 0 saturated heterocycles. The fourth-order valence-electron chi connectivity index (χ4n) is 3.75. The zero-order chi connectivity index (χ0) is 17.8. The quantitative estimate of drug-likeness (QED) is 0.843. The molecular formula is C19H21NO5. The molecule has 0 aliphatic heterocycles. The van der Waals surface area contributed by atoms with Crippen LogP contribution in [-0.4, -0.2) is 30.2 Å². The first-order chi connectivity index (χ1) is 12.0. The summed E-state index contributed by atoms with van der Waals surface area (Å²) in [6, 6.07) is 8.34. The number of amides is 2. The van der Waals surface area contributed by atoms with E-state index in [1.807, 2.05) is 0 Å². The Kier molecular flexibility index (Phi) is 5.26. The topological polar surface area (TPSA) is 89.5 Å². The largest absolute Gasteiger partial charge is 0.455 e. The summed E-state index contributed by atoms with van der Waals surface area (Å²) in [5, 5.41) is 2.19. The lowest BCUT2D eigenvalue weighted by Crippen LogP contribution is -2.40. The van der Waals surface area contributed by atoms with Crippen molar-refractivity contribution in [3.63, 3.8) is 0 Å². The fraction of sp³-hybridized carbons (Fsp3) is 0.474. The highest BCUT2D eigenvalue weighted by atomic mass is 16.5. The van der Waals surface area contributed by atoms with Crippen molar-refractivity contribution in [1.82, 2.24) is 5.32 Å². The van der Waals surface area contributed by atoms with E-state index in [9.17, 15) is 19.2 Å². The molecule has 3 rings (SSSR count). The highest BCUT2D eigenvalue weighted by Gasteiger charge is 2.41. The van der Waals surface area contributed by atoms with E-state index < -0.39 is 24.4 Å². The molecule has 2 amide bonds. The maximum atomic E-state index is 12.2. The number of fused-ring (bicyclic) bond motifs is 2. The minimum atomic E-state index is -0.658. The van der Waals surface area contributed by atoms with Gasteiger partial charge in [0.15, 0.2) is 6.61 Å². The average Bonchev–Trinajstić information content (AvgIpc) is 2.60. The highest BCUT2D eigenvalue weighted by Crippen LogP contribution is 2.40. The Hall–Kier alpha value is -2.50. The number of hydrogen-bond donors (Lipinski definition) is 1. The van der Waals surface area contributed by atoms with Gasteiger partial charge in [0, 0.05) is 17.4 Å². The molecule has 2 fully saturated rings. The number of carbonyl (C=O) groups excluding carboxylic acids is 4. The van der Waals surface area contributed by atoms with Crippen molar-refractivity contribution in [2.75, 3.05) is 6.61 Å². The van der Waals surface area contributed by atoms with Gasteiger partial charge in [-0.3, -0.25) is 24.5 Å². The van der Waals surface area contributed by atoms with Crippen molar-refractivity contribution in [3.05, 3.63) is 35.9 Å². The van der Waals surface area contributed by atoms with E-state index in [1.54, 1.807) is 30.3 Å². The van der Waals surface area contributed by atoms with Gasteiger partial charge in [-0.25, -0.2) is 0 Å². The van der Waals surface area contributed by atoms with Gasteiger partial charge < -0.3 is 4.74 Å². The molecule has 0 aromatic heterocycles. The predicted molar refractivity (Wildman–Crippen MR) is 88.4 cm³/mol. The van der Waals surface area contributed by atoms with Gasteiger partial charge in [0.2, 0.25) is 0 Å². The minimum Gasteiger partial charge on any atom is -0.455 e. The number of benzene rings is 1. The molecule has 0 spiro atoms. The molecule has 0 radical (unpaired) electrons. The third kappa shape index (κ3) is 4.13. The van der Waals surface area contributed by atoms with Gasteiger partial charge in [0.05, 0.1) is 5.92 Å². The van der Waals surface area contributed by atoms with Crippen molar-refractivity contribution in [2.45, 2.75) is 32.1 Å². The van der Waals surface area contributed by atoms with Crippen LogP contribution >= 0.6 is 0 Å². The smallest absolute Gasteiger partial charge is 0.309 e. The Morgan fingerprint density at radius 1 is 1.04 bits per heavy atom. The molecule has 2 saturated carbocycles. The Labute approximate surface area is 145 Å². The molecular weight excluding hydrogens is 322 g/mol. The van der Waals surface area contributed by atoms with Crippen LogP contribution < -0.4 is 5.32 Å². The first kappa shape index (κ1) is 17.3. The van der Waals surface area contributed by atoms with E-state index in [-0.39, 0.29) is 23.5 Å². The van der Waals surface area contributed by atoms with Crippen LogP contribution in [0.2, 0.25) is 0 Å². The lowest BCUT2D eigenvalue weighted by Gasteiger charge is -2.36. The van der Waals surface area contributed by atoms with Crippen LogP contribution in [0.25, 0.3) is 0 Å². The van der Waals surface area contributed by atoms with E-state index in [4.69, 9.17) is 4.74 Å². The van der Waals surface area contributed by atoms with Crippen molar-refractivity contribution < 1.29 is 23.9 Å². The standard InChI is InChI=1S/C19H21NO5/c21-16(20-18(23)12-5-2-1-3-6-12)11-25-19(24)15-9-13-7-4-8-14(10-15)17(13)22/h1-3,5-6,13-15H,4,7-11H2,(H,20,21,23)/t13-,14-/m1/s1. The zero-order valence-corrected chi connectivity index (χ0v) is 13.9. The van der Waals surface area contributed by atoms with Gasteiger partial charge >= 0.3 is 5.97 Å². The summed E-state index contributed by atoms with van der Waals surface area (Å²) in [5.41, 5.74) is 0.362. The van der Waals surface area contributed by atoms with Gasteiger partial charge in [0.1, 0.15) is 5.78 Å². The predicted octanol–water partition coefficient (Wildman–Crippen LogP) is 1.88. The number of Topliss-reactive ketones (excluding diaryl/α,β-unsaturated/α-hetero) is 1. The van der Waals surface area contributed by atoms with Crippen LogP contribution in [-0.2, 0) is 19.1 Å². The molecule has 6 heteroatoms. The maximum Gasteiger partial charge on any atom is 0.309 e. The number of esters is 1. The third-order valence-electron chi connectivity index (χ3n) is 5.02. The number of carbonyl (C=O) groups is 4. The molecule has 25 heavy (non-hydrogen) atoms. The number of hydrogen-bond acceptors (Lipinski definition) is 5. The third-order valence-corrected chi connectivity index (χ3v) is 5.02. The number of ketones is 1. The van der Waals surface area contributed by atoms with E-state index in [2.05, 4.69) is 5.32 Å². The molecule has 2 aliphatic rings. The highest BCUT2D eigenvalue weighted by molar-refractivity contribution is 6.05. The molecule has 1 N–H and O–H groups in total. The van der Waals surface area contributed by atoms with E-state index in [0.717, 1.165) is 19.3 Å². The van der Waals surface area contributed by atoms with Crippen molar-refractivity contribution in [3.8, 4) is 0 Å². The van der Waals surface area contributed by atoms with Gasteiger partial charge in [-0.15, -0.1) is 0 Å². The molecule has 132 valence electrons. The van der Waals surface area contributed by atoms with Gasteiger partial charge in [-0.05, 0) is 37.8 Å². The molecule has 0 unspecified atom stereocenters. The second-order valence-corrected chi connectivity index (χ2v) is 6.75. The monoisotopic (exact) mass is 343 g/mol. The summed E-state index contributed by atoms with van der Waals surface area (Å²) in [4.78, 5) is 47.9. The molecule has 1 aromatic carbocycles. The molecule has 6 nitrogen and oxygen atoms in total. The summed E-state index contributed by atoms with van der Waals surface area (Å²) in [5.74, 6) is -1.77. The van der Waals surface area contributed by atoms with Crippen LogP contribution in [0.15, 0.2) is 30.3 Å². The normalized spacial score (nSPS) is 25.1. The molecule has 2 bridgehead atoms. The van der Waals surface area contributed by atoms with Crippen LogP contribution in [0.3, 0.4) is 0 Å². The van der Waals surface area contributed by atoms with Crippen LogP contribution in [0.5, 0.6) is 0 Å². The van der Waals surface area contributed by atoms with Gasteiger partial charge in [0.25, 0.3) is 11.8 Å². The Morgan fingerprint density at radius 3 is 2.32 bits per heavy atom. The van der Waals surface area contributed by atoms with Crippen molar-refractivity contribution in [2.24, 2.45) is 17.8 Å². The number of ether oxygens (including phenoxy) is 1. The Morgan fingerprint density at radius 2 is 1.68 bits per heavy atom. The maximum absolute atomic E-state index is 12.2.